The van der Waals surface area contributed by atoms with E-state index in [4.69, 9.17) is 0 Å². The molecular weight excluding hydrogens is 312 g/mol. The van der Waals surface area contributed by atoms with Crippen LogP contribution in [0.15, 0.2) is 29.2 Å². The molecule has 2 N–H and O–H groups in total. The Morgan fingerprint density at radius 3 is 2.67 bits per heavy atom. The maximum atomic E-state index is 12.0. The van der Waals surface area contributed by atoms with Crippen LogP contribution in [0.3, 0.4) is 0 Å². The van der Waals surface area contributed by atoms with Gasteiger partial charge >= 0.3 is 5.97 Å². The van der Waals surface area contributed by atoms with E-state index in [1.54, 1.807) is 6.07 Å². The molecule has 0 bridgehead atoms. The highest BCUT2D eigenvalue weighted by atomic mass is 16.5. The molecule has 0 saturated carbocycles. The number of carbonyl (C=O) groups is 1. The number of carboxylic acid groups (broad SMARTS) is 1. The van der Waals surface area contributed by atoms with Gasteiger partial charge in [-0.1, -0.05) is 6.92 Å². The Bertz CT molecular complexity index is 811. The third-order valence-corrected chi connectivity index (χ3v) is 4.50. The molecule has 0 amide bonds. The molecule has 3 rings (SSSR count). The van der Waals surface area contributed by atoms with Crippen molar-refractivity contribution in [2.45, 2.75) is 19.4 Å². The highest BCUT2D eigenvalue weighted by molar-refractivity contribution is 5.89. The Hall–Kier alpha value is -2.61. The van der Waals surface area contributed by atoms with Gasteiger partial charge in [0.1, 0.15) is 6.04 Å². The fourth-order valence-electron chi connectivity index (χ4n) is 3.25. The maximum Gasteiger partial charge on any atom is 0.320 e. The number of pyridine rings is 2. The summed E-state index contributed by atoms with van der Waals surface area (Å²) < 4.78 is 0.548. The Morgan fingerprint density at radius 2 is 2.04 bits per heavy atom. The standard InChI is InChI=1S/C16H20N4O4/c1-2-12(16(22)23)18-6-8-19(9-7-18)13-10-14(21)20(24)15-11(13)4-3-5-17-15/h3-5,10,12,24H,2,6-9H2,1H3,(H,22,23). The third kappa shape index (κ3) is 2.80. The van der Waals surface area contributed by atoms with E-state index in [0.29, 0.717) is 42.7 Å². The second kappa shape index (κ2) is 6.48. The number of aromatic nitrogens is 2. The number of nitrogens with zero attached hydrogens (tertiary/aromatic N) is 4. The zero-order valence-electron chi connectivity index (χ0n) is 13.4. The van der Waals surface area contributed by atoms with Gasteiger partial charge in [-0.05, 0) is 18.6 Å². The van der Waals surface area contributed by atoms with E-state index in [2.05, 4.69) is 4.98 Å². The molecule has 1 saturated heterocycles. The summed E-state index contributed by atoms with van der Waals surface area (Å²) in [5.41, 5.74) is 0.409. The molecule has 3 heterocycles. The van der Waals surface area contributed by atoms with Crippen molar-refractivity contribution < 1.29 is 15.1 Å². The van der Waals surface area contributed by atoms with E-state index in [1.165, 1.54) is 12.3 Å². The lowest BCUT2D eigenvalue weighted by atomic mass is 10.1. The van der Waals surface area contributed by atoms with Gasteiger partial charge in [0, 0.05) is 43.8 Å². The summed E-state index contributed by atoms with van der Waals surface area (Å²) >= 11 is 0. The van der Waals surface area contributed by atoms with Gasteiger partial charge in [0.15, 0.2) is 5.65 Å². The van der Waals surface area contributed by atoms with Gasteiger partial charge in [0.05, 0.1) is 5.69 Å². The normalized spacial score (nSPS) is 17.1. The molecule has 128 valence electrons. The van der Waals surface area contributed by atoms with Crippen LogP contribution in [0.5, 0.6) is 0 Å². The first-order valence-corrected chi connectivity index (χ1v) is 7.94. The summed E-state index contributed by atoms with van der Waals surface area (Å²) in [5.74, 6) is -0.802. The van der Waals surface area contributed by atoms with Crippen molar-refractivity contribution in [2.24, 2.45) is 0 Å². The summed E-state index contributed by atoms with van der Waals surface area (Å²) in [4.78, 5) is 31.3. The Morgan fingerprint density at radius 1 is 1.33 bits per heavy atom. The molecule has 1 atom stereocenters. The number of carboxylic acids is 1. The number of piperazine rings is 1. The maximum absolute atomic E-state index is 12.0. The van der Waals surface area contributed by atoms with Crippen LogP contribution in [0.2, 0.25) is 0 Å². The molecule has 0 aromatic carbocycles. The van der Waals surface area contributed by atoms with Crippen LogP contribution in [0.1, 0.15) is 13.3 Å². The van der Waals surface area contributed by atoms with Gasteiger partial charge in [0.25, 0.3) is 5.56 Å². The molecule has 2 aromatic rings. The number of fused-ring (bicyclic) bond motifs is 1. The van der Waals surface area contributed by atoms with Crippen LogP contribution >= 0.6 is 0 Å². The second-order valence-electron chi connectivity index (χ2n) is 5.84. The quantitative estimate of drug-likeness (QED) is 0.792. The minimum absolute atomic E-state index is 0.222. The molecule has 24 heavy (non-hydrogen) atoms. The molecule has 8 heteroatoms. The molecular formula is C16H20N4O4. The van der Waals surface area contributed by atoms with Crippen molar-refractivity contribution >= 4 is 22.7 Å². The Balaban J connectivity index is 1.88. The zero-order chi connectivity index (χ0) is 17.3. The number of anilines is 1. The van der Waals surface area contributed by atoms with E-state index < -0.39 is 17.6 Å². The number of hydrogen-bond donors (Lipinski definition) is 2. The van der Waals surface area contributed by atoms with E-state index in [9.17, 15) is 19.9 Å². The van der Waals surface area contributed by atoms with Gasteiger partial charge in [-0.25, -0.2) is 4.98 Å². The average molecular weight is 332 g/mol. The second-order valence-corrected chi connectivity index (χ2v) is 5.84. The SMILES string of the molecule is CCC(C(=O)O)N1CCN(c2cc(=O)n(O)c3ncccc23)CC1. The first-order chi connectivity index (χ1) is 11.5. The lowest BCUT2D eigenvalue weighted by Gasteiger charge is -2.38. The fourth-order valence-corrected chi connectivity index (χ4v) is 3.25. The largest absolute Gasteiger partial charge is 0.480 e. The van der Waals surface area contributed by atoms with Crippen molar-refractivity contribution in [3.8, 4) is 0 Å². The number of aliphatic carboxylic acids is 1. The van der Waals surface area contributed by atoms with Crippen molar-refractivity contribution in [3.05, 3.63) is 34.7 Å². The first kappa shape index (κ1) is 16.3. The number of rotatable bonds is 4. The van der Waals surface area contributed by atoms with E-state index in [-0.39, 0.29) is 5.65 Å². The molecule has 1 aliphatic rings. The molecule has 0 spiro atoms. The topological polar surface area (TPSA) is 98.9 Å². The Kier molecular flexibility index (Phi) is 4.39. The minimum atomic E-state index is -0.802. The van der Waals surface area contributed by atoms with Gasteiger partial charge in [0.2, 0.25) is 0 Å². The van der Waals surface area contributed by atoms with E-state index >= 15 is 0 Å². The minimum Gasteiger partial charge on any atom is -0.480 e. The van der Waals surface area contributed by atoms with Gasteiger partial charge in [-0.15, -0.1) is 4.73 Å². The van der Waals surface area contributed by atoms with Crippen LogP contribution in [0, 0.1) is 0 Å². The third-order valence-electron chi connectivity index (χ3n) is 4.50. The van der Waals surface area contributed by atoms with Crippen molar-refractivity contribution in [3.63, 3.8) is 0 Å². The summed E-state index contributed by atoms with van der Waals surface area (Å²) in [7, 11) is 0. The number of hydrogen-bond acceptors (Lipinski definition) is 6. The van der Waals surface area contributed by atoms with Crippen LogP contribution in [-0.4, -0.2) is 63.1 Å². The molecule has 0 aliphatic carbocycles. The predicted molar refractivity (Wildman–Crippen MR) is 88.7 cm³/mol. The highest BCUT2D eigenvalue weighted by Crippen LogP contribution is 2.25. The van der Waals surface area contributed by atoms with Crippen molar-refractivity contribution in [2.75, 3.05) is 31.1 Å². The fraction of sp³-hybridized carbons (Fsp3) is 0.438. The summed E-state index contributed by atoms with van der Waals surface area (Å²) in [6, 6.07) is 4.48. The molecule has 2 aromatic heterocycles. The first-order valence-electron chi connectivity index (χ1n) is 7.94. The van der Waals surface area contributed by atoms with E-state index in [1.807, 2.05) is 22.8 Å². The summed E-state index contributed by atoms with van der Waals surface area (Å²) in [6.07, 6.45) is 2.08. The van der Waals surface area contributed by atoms with Gasteiger partial charge < -0.3 is 15.2 Å². The van der Waals surface area contributed by atoms with Gasteiger partial charge in [-0.2, -0.15) is 0 Å². The van der Waals surface area contributed by atoms with Crippen molar-refractivity contribution in [1.82, 2.24) is 14.6 Å². The monoisotopic (exact) mass is 332 g/mol. The van der Waals surface area contributed by atoms with E-state index in [0.717, 1.165) is 5.69 Å². The van der Waals surface area contributed by atoms with Crippen molar-refractivity contribution in [1.29, 1.82) is 0 Å². The molecule has 1 aliphatic heterocycles. The van der Waals surface area contributed by atoms with Crippen LogP contribution < -0.4 is 10.5 Å². The highest BCUT2D eigenvalue weighted by Gasteiger charge is 2.28. The zero-order valence-corrected chi connectivity index (χ0v) is 13.4. The molecule has 1 fully saturated rings. The molecule has 0 radical (unpaired) electrons. The predicted octanol–water partition coefficient (Wildman–Crippen LogP) is 0.619. The summed E-state index contributed by atoms with van der Waals surface area (Å²) in [5, 5.41) is 19.8. The smallest absolute Gasteiger partial charge is 0.320 e. The lowest BCUT2D eigenvalue weighted by Crippen LogP contribution is -2.52. The average Bonchev–Trinajstić information content (AvgIpc) is 2.59. The van der Waals surface area contributed by atoms with Crippen LogP contribution in [-0.2, 0) is 4.79 Å². The summed E-state index contributed by atoms with van der Waals surface area (Å²) in [6.45, 7) is 4.31. The molecule has 1 unspecified atom stereocenters. The van der Waals surface area contributed by atoms with Crippen LogP contribution in [0.4, 0.5) is 5.69 Å². The van der Waals surface area contributed by atoms with Gasteiger partial charge in [-0.3, -0.25) is 14.5 Å². The Labute approximate surface area is 138 Å². The molecule has 8 nitrogen and oxygen atoms in total. The van der Waals surface area contributed by atoms with Crippen LogP contribution in [0.25, 0.3) is 11.0 Å². The lowest BCUT2D eigenvalue weighted by molar-refractivity contribution is -0.143.